The summed E-state index contributed by atoms with van der Waals surface area (Å²) in [6.07, 6.45) is 1.22. The van der Waals surface area contributed by atoms with Crippen LogP contribution in [0.1, 0.15) is 52.3 Å². The lowest BCUT2D eigenvalue weighted by molar-refractivity contribution is 0.0910. The molecular formula is C18H25N5O2. The summed E-state index contributed by atoms with van der Waals surface area (Å²) in [5.41, 5.74) is 3.01. The lowest BCUT2D eigenvalue weighted by Crippen LogP contribution is -2.31. The zero-order valence-electron chi connectivity index (χ0n) is 14.7. The third-order valence-corrected chi connectivity index (χ3v) is 4.72. The largest absolute Gasteiger partial charge is 0.387 e. The van der Waals surface area contributed by atoms with Crippen molar-refractivity contribution in [1.29, 1.82) is 0 Å². The number of aliphatic hydroxyl groups excluding tert-OH is 1. The van der Waals surface area contributed by atoms with Gasteiger partial charge in [-0.15, -0.1) is 5.10 Å². The number of rotatable bonds is 5. The predicted octanol–water partition coefficient (Wildman–Crippen LogP) is 1.28. The Morgan fingerprint density at radius 3 is 2.68 bits per heavy atom. The van der Waals surface area contributed by atoms with Crippen LogP contribution in [0.5, 0.6) is 0 Å². The first-order chi connectivity index (χ1) is 12.1. The summed E-state index contributed by atoms with van der Waals surface area (Å²) in [6.45, 7) is 5.91. The molecule has 2 heterocycles. The van der Waals surface area contributed by atoms with Gasteiger partial charge in [0, 0.05) is 6.54 Å². The van der Waals surface area contributed by atoms with Crippen LogP contribution in [0.15, 0.2) is 24.3 Å². The molecule has 0 radical (unpaired) electrons. The van der Waals surface area contributed by atoms with Gasteiger partial charge in [0.25, 0.3) is 5.91 Å². The molecule has 1 aliphatic rings. The van der Waals surface area contributed by atoms with E-state index in [1.54, 1.807) is 0 Å². The Morgan fingerprint density at radius 1 is 1.32 bits per heavy atom. The van der Waals surface area contributed by atoms with Crippen LogP contribution in [-0.2, 0) is 0 Å². The second-order valence-corrected chi connectivity index (χ2v) is 6.59. The Kier molecular flexibility index (Phi) is 5.45. The van der Waals surface area contributed by atoms with Gasteiger partial charge in [0.1, 0.15) is 0 Å². The van der Waals surface area contributed by atoms with Crippen molar-refractivity contribution in [2.45, 2.75) is 38.8 Å². The first kappa shape index (κ1) is 17.6. The number of nitrogens with one attached hydrogen (secondary N) is 2. The van der Waals surface area contributed by atoms with E-state index in [9.17, 15) is 9.90 Å². The molecular weight excluding hydrogens is 318 g/mol. The first-order valence-corrected chi connectivity index (χ1v) is 8.71. The van der Waals surface area contributed by atoms with Gasteiger partial charge in [0.15, 0.2) is 5.69 Å². The van der Waals surface area contributed by atoms with Gasteiger partial charge in [-0.3, -0.25) is 4.79 Å². The molecule has 2 aromatic rings. The quantitative estimate of drug-likeness (QED) is 0.761. The molecule has 7 heteroatoms. The van der Waals surface area contributed by atoms with E-state index in [4.69, 9.17) is 0 Å². The second-order valence-electron chi connectivity index (χ2n) is 6.59. The first-order valence-electron chi connectivity index (χ1n) is 8.71. The smallest absolute Gasteiger partial charge is 0.273 e. The Bertz CT molecular complexity index is 720. The molecule has 134 valence electrons. The Labute approximate surface area is 147 Å². The Morgan fingerprint density at radius 2 is 2.00 bits per heavy atom. The highest BCUT2D eigenvalue weighted by Crippen LogP contribution is 2.20. The minimum Gasteiger partial charge on any atom is -0.387 e. The average molecular weight is 343 g/mol. The summed E-state index contributed by atoms with van der Waals surface area (Å²) in [6, 6.07) is 7.90. The van der Waals surface area contributed by atoms with E-state index >= 15 is 0 Å². The standard InChI is InChI=1S/C18H25N5O2/c1-12-3-5-14(6-4-12)16(24)11-20-18(25)17-13(2)23(22-21-17)15-7-9-19-10-8-15/h3-6,15-16,19,24H,7-11H2,1-2H3,(H,20,25). The number of hydrogen-bond donors (Lipinski definition) is 3. The van der Waals surface area contributed by atoms with Crippen LogP contribution in [0.3, 0.4) is 0 Å². The fraction of sp³-hybridized carbons (Fsp3) is 0.500. The van der Waals surface area contributed by atoms with E-state index in [1.807, 2.05) is 42.8 Å². The molecule has 1 atom stereocenters. The summed E-state index contributed by atoms with van der Waals surface area (Å²) in [5.74, 6) is -0.302. The maximum Gasteiger partial charge on any atom is 0.273 e. The zero-order chi connectivity index (χ0) is 17.8. The van der Waals surface area contributed by atoms with Crippen molar-refractivity contribution in [3.8, 4) is 0 Å². The number of carbonyl (C=O) groups excluding carboxylic acids is 1. The van der Waals surface area contributed by atoms with Gasteiger partial charge in [-0.1, -0.05) is 35.0 Å². The second kappa shape index (κ2) is 7.76. The molecule has 1 saturated heterocycles. The van der Waals surface area contributed by atoms with Crippen LogP contribution in [0.25, 0.3) is 0 Å². The van der Waals surface area contributed by atoms with E-state index in [0.29, 0.717) is 5.69 Å². The summed E-state index contributed by atoms with van der Waals surface area (Å²) in [5, 5.41) is 24.5. The number of aryl methyl sites for hydroxylation is 1. The van der Waals surface area contributed by atoms with Crippen LogP contribution in [-0.4, -0.2) is 45.6 Å². The molecule has 7 nitrogen and oxygen atoms in total. The average Bonchev–Trinajstić information content (AvgIpc) is 3.02. The summed E-state index contributed by atoms with van der Waals surface area (Å²) >= 11 is 0. The number of aromatic nitrogens is 3. The molecule has 0 saturated carbocycles. The van der Waals surface area contributed by atoms with Crippen molar-refractivity contribution in [2.24, 2.45) is 0 Å². The monoisotopic (exact) mass is 343 g/mol. The number of hydrogen-bond acceptors (Lipinski definition) is 5. The summed E-state index contributed by atoms with van der Waals surface area (Å²) < 4.78 is 1.85. The lowest BCUT2D eigenvalue weighted by Gasteiger charge is -2.23. The predicted molar refractivity (Wildman–Crippen MR) is 94.4 cm³/mol. The number of carbonyl (C=O) groups is 1. The van der Waals surface area contributed by atoms with Crippen molar-refractivity contribution in [3.63, 3.8) is 0 Å². The van der Waals surface area contributed by atoms with Crippen molar-refractivity contribution in [3.05, 3.63) is 46.8 Å². The number of nitrogens with zero attached hydrogens (tertiary/aromatic N) is 3. The van der Waals surface area contributed by atoms with Gasteiger partial charge < -0.3 is 15.7 Å². The number of benzene rings is 1. The molecule has 3 N–H and O–H groups in total. The van der Waals surface area contributed by atoms with Gasteiger partial charge in [0.05, 0.1) is 17.8 Å². The third-order valence-electron chi connectivity index (χ3n) is 4.72. The zero-order valence-corrected chi connectivity index (χ0v) is 14.7. The van der Waals surface area contributed by atoms with Crippen LogP contribution >= 0.6 is 0 Å². The van der Waals surface area contributed by atoms with E-state index in [2.05, 4.69) is 20.9 Å². The Balaban J connectivity index is 1.61. The number of aliphatic hydroxyl groups is 1. The van der Waals surface area contributed by atoms with E-state index in [1.165, 1.54) is 0 Å². The van der Waals surface area contributed by atoms with Crippen molar-refractivity contribution in [2.75, 3.05) is 19.6 Å². The van der Waals surface area contributed by atoms with E-state index in [-0.39, 0.29) is 18.5 Å². The van der Waals surface area contributed by atoms with Crippen LogP contribution < -0.4 is 10.6 Å². The molecule has 0 aliphatic carbocycles. The summed E-state index contributed by atoms with van der Waals surface area (Å²) in [7, 11) is 0. The highest BCUT2D eigenvalue weighted by molar-refractivity contribution is 5.93. The number of amides is 1. The molecule has 0 bridgehead atoms. The molecule has 3 rings (SSSR count). The maximum atomic E-state index is 12.4. The molecule has 1 unspecified atom stereocenters. The van der Waals surface area contributed by atoms with E-state index < -0.39 is 6.10 Å². The normalized spacial score (nSPS) is 16.6. The maximum absolute atomic E-state index is 12.4. The van der Waals surface area contributed by atoms with Gasteiger partial charge in [-0.2, -0.15) is 0 Å². The Hall–Kier alpha value is -2.25. The van der Waals surface area contributed by atoms with Gasteiger partial charge >= 0.3 is 0 Å². The molecule has 1 aliphatic heterocycles. The molecule has 1 aromatic carbocycles. The molecule has 25 heavy (non-hydrogen) atoms. The minimum absolute atomic E-state index is 0.140. The molecule has 0 spiro atoms. The minimum atomic E-state index is -0.746. The van der Waals surface area contributed by atoms with Crippen LogP contribution in [0.2, 0.25) is 0 Å². The van der Waals surface area contributed by atoms with Crippen molar-refractivity contribution >= 4 is 5.91 Å². The van der Waals surface area contributed by atoms with Crippen molar-refractivity contribution in [1.82, 2.24) is 25.6 Å². The lowest BCUT2D eigenvalue weighted by atomic mass is 10.1. The fourth-order valence-corrected chi connectivity index (χ4v) is 3.13. The molecule has 1 amide bonds. The molecule has 1 aromatic heterocycles. The van der Waals surface area contributed by atoms with Crippen LogP contribution in [0.4, 0.5) is 0 Å². The number of piperidine rings is 1. The highest BCUT2D eigenvalue weighted by atomic mass is 16.3. The van der Waals surface area contributed by atoms with Gasteiger partial charge in [-0.25, -0.2) is 4.68 Å². The van der Waals surface area contributed by atoms with Crippen molar-refractivity contribution < 1.29 is 9.90 Å². The molecule has 1 fully saturated rings. The summed E-state index contributed by atoms with van der Waals surface area (Å²) in [4.78, 5) is 12.4. The fourth-order valence-electron chi connectivity index (χ4n) is 3.13. The van der Waals surface area contributed by atoms with Crippen LogP contribution in [0, 0.1) is 13.8 Å². The highest BCUT2D eigenvalue weighted by Gasteiger charge is 2.23. The van der Waals surface area contributed by atoms with Gasteiger partial charge in [0.2, 0.25) is 0 Å². The van der Waals surface area contributed by atoms with Gasteiger partial charge in [-0.05, 0) is 45.3 Å². The van der Waals surface area contributed by atoms with E-state index in [0.717, 1.165) is 42.8 Å². The third kappa shape index (κ3) is 4.05. The topological polar surface area (TPSA) is 92.1 Å². The SMILES string of the molecule is Cc1ccc(C(O)CNC(=O)c2nnn(C3CCNCC3)c2C)cc1.